The van der Waals surface area contributed by atoms with Gasteiger partial charge < -0.3 is 18.9 Å². The Morgan fingerprint density at radius 1 is 1.06 bits per heavy atom. The number of hydrogen-bond donors (Lipinski definition) is 0. The van der Waals surface area contributed by atoms with Gasteiger partial charge in [-0.3, -0.25) is 9.36 Å². The Hall–Kier alpha value is -3.85. The fourth-order valence-corrected chi connectivity index (χ4v) is 5.26. The summed E-state index contributed by atoms with van der Waals surface area (Å²) in [7, 11) is 3.13. The molecule has 1 aliphatic rings. The van der Waals surface area contributed by atoms with Crippen LogP contribution in [0.25, 0.3) is 6.08 Å². The zero-order valence-electron chi connectivity index (χ0n) is 20.9. The quantitative estimate of drug-likeness (QED) is 0.434. The van der Waals surface area contributed by atoms with Gasteiger partial charge in [0.1, 0.15) is 11.8 Å². The lowest BCUT2D eigenvalue weighted by Gasteiger charge is -2.26. The third-order valence-electron chi connectivity index (χ3n) is 5.76. The first-order valence-corrected chi connectivity index (χ1v) is 12.4. The van der Waals surface area contributed by atoms with Crippen LogP contribution in [0.1, 0.15) is 37.9 Å². The molecule has 1 atom stereocenters. The van der Waals surface area contributed by atoms with Crippen molar-refractivity contribution in [3.05, 3.63) is 84.5 Å². The van der Waals surface area contributed by atoms with Crippen molar-refractivity contribution in [2.45, 2.75) is 26.8 Å². The zero-order valence-corrected chi connectivity index (χ0v) is 21.7. The van der Waals surface area contributed by atoms with Gasteiger partial charge in [0.15, 0.2) is 16.3 Å². The van der Waals surface area contributed by atoms with Gasteiger partial charge in [0.25, 0.3) is 5.56 Å². The summed E-state index contributed by atoms with van der Waals surface area (Å²) in [6.07, 6.45) is 1.78. The van der Waals surface area contributed by atoms with Crippen LogP contribution in [0, 0.1) is 0 Å². The molecule has 0 amide bonds. The molecule has 4 rings (SSSR count). The van der Waals surface area contributed by atoms with Crippen LogP contribution in [0.2, 0.25) is 0 Å². The fourth-order valence-electron chi connectivity index (χ4n) is 4.22. The summed E-state index contributed by atoms with van der Waals surface area (Å²) in [4.78, 5) is 32.1. The second kappa shape index (κ2) is 10.8. The summed E-state index contributed by atoms with van der Waals surface area (Å²) < 4.78 is 24.3. The Morgan fingerprint density at radius 2 is 1.78 bits per heavy atom. The Kier molecular flexibility index (Phi) is 7.59. The Labute approximate surface area is 212 Å². The van der Waals surface area contributed by atoms with Gasteiger partial charge in [-0.15, -0.1) is 0 Å². The maximum atomic E-state index is 13.9. The van der Waals surface area contributed by atoms with E-state index in [1.807, 2.05) is 37.3 Å². The van der Waals surface area contributed by atoms with E-state index >= 15 is 0 Å². The summed E-state index contributed by atoms with van der Waals surface area (Å²) in [6.45, 7) is 5.92. The number of carbonyl (C=O) groups excluding carboxylic acids is 1. The van der Waals surface area contributed by atoms with Gasteiger partial charge in [-0.1, -0.05) is 41.7 Å². The molecule has 0 N–H and O–H groups in total. The number of allylic oxidation sites excluding steroid dienone is 1. The van der Waals surface area contributed by atoms with Gasteiger partial charge in [0.2, 0.25) is 0 Å². The number of nitrogens with zero attached hydrogens (tertiary/aromatic N) is 2. The van der Waals surface area contributed by atoms with Crippen molar-refractivity contribution in [1.29, 1.82) is 0 Å². The second-order valence-electron chi connectivity index (χ2n) is 7.86. The smallest absolute Gasteiger partial charge is 0.338 e. The van der Waals surface area contributed by atoms with E-state index in [-0.39, 0.29) is 17.7 Å². The first-order valence-electron chi connectivity index (χ1n) is 11.6. The van der Waals surface area contributed by atoms with Crippen LogP contribution in [0.4, 0.5) is 0 Å². The molecule has 9 heteroatoms. The lowest BCUT2D eigenvalue weighted by atomic mass is 9.94. The van der Waals surface area contributed by atoms with Crippen molar-refractivity contribution >= 4 is 23.4 Å². The molecule has 0 saturated carbocycles. The molecule has 0 unspecified atom stereocenters. The molecule has 1 aromatic heterocycles. The van der Waals surface area contributed by atoms with Crippen molar-refractivity contribution in [1.82, 2.24) is 4.57 Å². The normalized spacial score (nSPS) is 15.2. The molecule has 0 bridgehead atoms. The van der Waals surface area contributed by atoms with Gasteiger partial charge >= 0.3 is 5.97 Å². The summed E-state index contributed by atoms with van der Waals surface area (Å²) >= 11 is 1.25. The average molecular weight is 509 g/mol. The molecule has 2 heterocycles. The standard InChI is InChI=1S/C27H28N2O6S/c1-6-34-24-18(12-10-14-20(24)33-5)23-22(26(31)35-7-2)16(3)28-27-29(23)25(30)21(36-27)15-17-11-8-9-13-19(17)32-4/h8-15,23H,6-7H2,1-5H3/b21-15+/t23-/m0/s1. The van der Waals surface area contributed by atoms with Gasteiger partial charge in [-0.25, -0.2) is 9.79 Å². The number of thiazole rings is 1. The molecule has 1 aliphatic heterocycles. The Balaban J connectivity index is 2.03. The SMILES string of the molecule is CCOC(=O)C1=C(C)N=c2s/c(=C/c3ccccc3OC)c(=O)n2[C@H]1c1cccc(OC)c1OCC. The number of fused-ring (bicyclic) bond motifs is 1. The van der Waals surface area contributed by atoms with Crippen LogP contribution >= 0.6 is 11.3 Å². The fraction of sp³-hybridized carbons (Fsp3) is 0.296. The highest BCUT2D eigenvalue weighted by Gasteiger charge is 2.36. The van der Waals surface area contributed by atoms with E-state index in [4.69, 9.17) is 18.9 Å². The predicted octanol–water partition coefficient (Wildman–Crippen LogP) is 3.21. The molecule has 188 valence electrons. The third kappa shape index (κ3) is 4.54. The number of esters is 1. The first-order chi connectivity index (χ1) is 17.4. The van der Waals surface area contributed by atoms with Crippen molar-refractivity contribution in [2.24, 2.45) is 4.99 Å². The van der Waals surface area contributed by atoms with Gasteiger partial charge in [0, 0.05) is 11.1 Å². The maximum absolute atomic E-state index is 13.9. The zero-order chi connectivity index (χ0) is 25.8. The van der Waals surface area contributed by atoms with Crippen molar-refractivity contribution in [3.63, 3.8) is 0 Å². The number of hydrogen-bond acceptors (Lipinski definition) is 8. The molecule has 0 aliphatic carbocycles. The molecule has 0 spiro atoms. The average Bonchev–Trinajstić information content (AvgIpc) is 3.18. The first kappa shape index (κ1) is 25.2. The molecule has 0 radical (unpaired) electrons. The highest BCUT2D eigenvalue weighted by molar-refractivity contribution is 7.07. The van der Waals surface area contributed by atoms with Crippen LogP contribution < -0.4 is 29.1 Å². The van der Waals surface area contributed by atoms with Gasteiger partial charge in [-0.05, 0) is 39.0 Å². The van der Waals surface area contributed by atoms with Crippen molar-refractivity contribution < 1.29 is 23.7 Å². The van der Waals surface area contributed by atoms with Crippen LogP contribution in [0.15, 0.2) is 63.5 Å². The van der Waals surface area contributed by atoms with E-state index in [1.54, 1.807) is 46.3 Å². The number of benzene rings is 2. The minimum Gasteiger partial charge on any atom is -0.496 e. The van der Waals surface area contributed by atoms with E-state index in [0.717, 1.165) is 5.56 Å². The van der Waals surface area contributed by atoms with E-state index in [1.165, 1.54) is 15.9 Å². The topological polar surface area (TPSA) is 88.4 Å². The van der Waals surface area contributed by atoms with Crippen LogP contribution in [-0.4, -0.2) is 38.0 Å². The molecule has 36 heavy (non-hydrogen) atoms. The number of aromatic nitrogens is 1. The van der Waals surface area contributed by atoms with Crippen LogP contribution in [0.5, 0.6) is 17.2 Å². The molecule has 8 nitrogen and oxygen atoms in total. The molecule has 0 fully saturated rings. The lowest BCUT2D eigenvalue weighted by molar-refractivity contribution is -0.139. The summed E-state index contributed by atoms with van der Waals surface area (Å²) in [5.41, 5.74) is 1.85. The molecule has 2 aromatic carbocycles. The molecule has 3 aromatic rings. The number of para-hydroxylation sites is 2. The van der Waals surface area contributed by atoms with E-state index < -0.39 is 12.0 Å². The largest absolute Gasteiger partial charge is 0.496 e. The Morgan fingerprint density at radius 3 is 2.47 bits per heavy atom. The van der Waals surface area contributed by atoms with E-state index in [0.29, 0.717) is 44.4 Å². The van der Waals surface area contributed by atoms with E-state index in [2.05, 4.69) is 4.99 Å². The second-order valence-corrected chi connectivity index (χ2v) is 8.86. The predicted molar refractivity (Wildman–Crippen MR) is 138 cm³/mol. The number of methoxy groups -OCH3 is 2. The third-order valence-corrected chi connectivity index (χ3v) is 6.74. The summed E-state index contributed by atoms with van der Waals surface area (Å²) in [5, 5.41) is 0. The minimum atomic E-state index is -0.809. The van der Waals surface area contributed by atoms with Crippen molar-refractivity contribution in [3.8, 4) is 17.2 Å². The Bertz CT molecular complexity index is 1500. The molecule has 0 saturated heterocycles. The van der Waals surface area contributed by atoms with Crippen LogP contribution in [-0.2, 0) is 9.53 Å². The number of carbonyl (C=O) groups is 1. The lowest BCUT2D eigenvalue weighted by Crippen LogP contribution is -2.40. The minimum absolute atomic E-state index is 0.191. The molecular weight excluding hydrogens is 480 g/mol. The monoisotopic (exact) mass is 508 g/mol. The molecular formula is C27H28N2O6S. The van der Waals surface area contributed by atoms with E-state index in [9.17, 15) is 9.59 Å². The maximum Gasteiger partial charge on any atom is 0.338 e. The highest BCUT2D eigenvalue weighted by Crippen LogP contribution is 2.40. The van der Waals surface area contributed by atoms with Gasteiger partial charge in [0.05, 0.1) is 43.2 Å². The van der Waals surface area contributed by atoms with Crippen LogP contribution in [0.3, 0.4) is 0 Å². The number of rotatable bonds is 8. The summed E-state index contributed by atoms with van der Waals surface area (Å²) in [5.74, 6) is 1.08. The highest BCUT2D eigenvalue weighted by atomic mass is 32.1. The summed E-state index contributed by atoms with van der Waals surface area (Å²) in [6, 6.07) is 12.1. The van der Waals surface area contributed by atoms with Gasteiger partial charge in [-0.2, -0.15) is 0 Å². The van der Waals surface area contributed by atoms with Crippen molar-refractivity contribution in [2.75, 3.05) is 27.4 Å². The number of ether oxygens (including phenoxy) is 4.